The van der Waals surface area contributed by atoms with Gasteiger partial charge in [-0.25, -0.2) is 4.99 Å². The van der Waals surface area contributed by atoms with Crippen LogP contribution in [0.5, 0.6) is 0 Å². The van der Waals surface area contributed by atoms with Crippen LogP contribution in [0.1, 0.15) is 13.8 Å². The quantitative estimate of drug-likeness (QED) is 0.759. The lowest BCUT2D eigenvalue weighted by Crippen LogP contribution is -2.43. The Morgan fingerprint density at radius 2 is 1.92 bits per heavy atom. The number of rotatable bonds is 3. The van der Waals surface area contributed by atoms with Gasteiger partial charge in [-0.1, -0.05) is 0 Å². The number of amides is 2. The van der Waals surface area contributed by atoms with E-state index in [4.69, 9.17) is 4.74 Å². The molecule has 2 heterocycles. The number of benzene rings is 1. The van der Waals surface area contributed by atoms with Crippen LogP contribution in [-0.2, 0) is 14.3 Å². The molecule has 1 aliphatic rings. The van der Waals surface area contributed by atoms with Crippen LogP contribution in [0.25, 0.3) is 11.0 Å². The number of aromatic nitrogens is 2. The van der Waals surface area contributed by atoms with Crippen LogP contribution in [0.2, 0.25) is 0 Å². The lowest BCUT2D eigenvalue weighted by molar-refractivity contribution is -0.136. The Morgan fingerprint density at radius 3 is 2.62 bits per heavy atom. The number of guanidine groups is 1. The predicted molar refractivity (Wildman–Crippen MR) is 99.9 cm³/mol. The van der Waals surface area contributed by atoms with Gasteiger partial charge in [0.2, 0.25) is 11.9 Å². The number of hydrogen-bond donors (Lipinski definition) is 0. The van der Waals surface area contributed by atoms with Crippen molar-refractivity contribution in [3.05, 3.63) is 29.0 Å². The van der Waals surface area contributed by atoms with Gasteiger partial charge in [-0.15, -0.1) is 0 Å². The normalized spacial score (nSPS) is 17.2. The van der Waals surface area contributed by atoms with Crippen LogP contribution in [0.4, 0.5) is 5.69 Å². The minimum Gasteiger partial charge on any atom is -0.372 e. The van der Waals surface area contributed by atoms with Crippen molar-refractivity contribution in [2.45, 2.75) is 20.0 Å². The molecule has 1 atom stereocenters. The molecule has 3 rings (SSSR count). The maximum atomic E-state index is 12.6. The maximum Gasteiger partial charge on any atom is 0.258 e. The second-order valence-electron chi connectivity index (χ2n) is 5.77. The van der Waals surface area contributed by atoms with Crippen molar-refractivity contribution in [3.63, 3.8) is 0 Å². The fraction of sp³-hybridized carbons (Fsp3) is 0.353. The molecule has 1 unspecified atom stereocenters. The Morgan fingerprint density at radius 1 is 1.23 bits per heavy atom. The van der Waals surface area contributed by atoms with Gasteiger partial charge < -0.3 is 4.74 Å². The molecule has 1 fully saturated rings. The fourth-order valence-electron chi connectivity index (χ4n) is 2.68. The summed E-state index contributed by atoms with van der Waals surface area (Å²) in [4.78, 5) is 40.7. The zero-order valence-electron chi connectivity index (χ0n) is 14.6. The van der Waals surface area contributed by atoms with E-state index in [0.717, 1.165) is 5.52 Å². The average Bonchev–Trinajstić information content (AvgIpc) is 3.06. The SMILES string of the molecule is COC(C)C(=O)N1CCN(C(C)=O)/C1=N/c1ccc2nccnc2c1Br. The second kappa shape index (κ2) is 7.46. The van der Waals surface area contributed by atoms with E-state index in [1.807, 2.05) is 0 Å². The summed E-state index contributed by atoms with van der Waals surface area (Å²) in [6, 6.07) is 3.57. The summed E-state index contributed by atoms with van der Waals surface area (Å²) in [7, 11) is 1.47. The summed E-state index contributed by atoms with van der Waals surface area (Å²) >= 11 is 3.50. The van der Waals surface area contributed by atoms with Crippen molar-refractivity contribution in [2.24, 2.45) is 4.99 Å². The van der Waals surface area contributed by atoms with Crippen molar-refractivity contribution < 1.29 is 14.3 Å². The van der Waals surface area contributed by atoms with Crippen LogP contribution >= 0.6 is 15.9 Å². The fourth-order valence-corrected chi connectivity index (χ4v) is 3.21. The summed E-state index contributed by atoms with van der Waals surface area (Å²) in [6.45, 7) is 3.87. The zero-order chi connectivity index (χ0) is 18.8. The van der Waals surface area contributed by atoms with E-state index >= 15 is 0 Å². The molecular formula is C17H18BrN5O3. The smallest absolute Gasteiger partial charge is 0.258 e. The summed E-state index contributed by atoms with van der Waals surface area (Å²) in [6.07, 6.45) is 2.58. The molecule has 2 aromatic rings. The molecule has 1 saturated heterocycles. The number of aliphatic imine (C=N–C) groups is 1. The minimum atomic E-state index is -0.627. The minimum absolute atomic E-state index is 0.180. The number of halogens is 1. The van der Waals surface area contributed by atoms with Gasteiger partial charge in [0.1, 0.15) is 11.6 Å². The van der Waals surface area contributed by atoms with E-state index in [0.29, 0.717) is 28.8 Å². The highest BCUT2D eigenvalue weighted by molar-refractivity contribution is 9.10. The first-order valence-corrected chi connectivity index (χ1v) is 8.83. The number of carbonyl (C=O) groups is 2. The Kier molecular flexibility index (Phi) is 5.28. The van der Waals surface area contributed by atoms with Gasteiger partial charge in [0.05, 0.1) is 15.7 Å². The van der Waals surface area contributed by atoms with E-state index in [1.54, 1.807) is 31.5 Å². The standard InChI is InChI=1S/C17H18BrN5O3/c1-10(26-3)16(25)23-9-8-22(11(2)24)17(23)21-12-4-5-13-15(14(12)18)20-7-6-19-13/h4-7,10H,8-9H2,1-3H3/b21-17-. The first kappa shape index (κ1) is 18.4. The van der Waals surface area contributed by atoms with E-state index in [9.17, 15) is 9.59 Å². The molecule has 0 saturated carbocycles. The second-order valence-corrected chi connectivity index (χ2v) is 6.57. The zero-order valence-corrected chi connectivity index (χ0v) is 16.2. The predicted octanol–water partition coefficient (Wildman–Crippen LogP) is 2.11. The number of methoxy groups -OCH3 is 1. The molecule has 136 valence electrons. The molecule has 8 nitrogen and oxygen atoms in total. The third-order valence-corrected chi connectivity index (χ3v) is 4.94. The molecule has 2 amide bonds. The Labute approximate surface area is 159 Å². The summed E-state index contributed by atoms with van der Waals surface area (Å²) in [5.41, 5.74) is 1.94. The van der Waals surface area contributed by atoms with Crippen LogP contribution in [0.15, 0.2) is 34.0 Å². The van der Waals surface area contributed by atoms with Crippen LogP contribution in [-0.4, -0.2) is 63.8 Å². The molecule has 1 aromatic heterocycles. The molecule has 0 aliphatic carbocycles. The summed E-state index contributed by atoms with van der Waals surface area (Å²) in [5.74, 6) is -0.136. The molecule has 0 N–H and O–H groups in total. The molecule has 0 spiro atoms. The molecule has 1 aliphatic heterocycles. The number of hydrogen-bond acceptors (Lipinski definition) is 6. The lowest BCUT2D eigenvalue weighted by atomic mass is 10.2. The molecule has 9 heteroatoms. The highest BCUT2D eigenvalue weighted by Gasteiger charge is 2.35. The third kappa shape index (κ3) is 3.32. The molecule has 26 heavy (non-hydrogen) atoms. The van der Waals surface area contributed by atoms with E-state index in [1.165, 1.54) is 23.8 Å². The average molecular weight is 420 g/mol. The Balaban J connectivity index is 2.08. The monoisotopic (exact) mass is 419 g/mol. The van der Waals surface area contributed by atoms with E-state index in [-0.39, 0.29) is 17.8 Å². The third-order valence-electron chi connectivity index (χ3n) is 4.16. The lowest BCUT2D eigenvalue weighted by Gasteiger charge is -2.22. The number of carbonyl (C=O) groups excluding carboxylic acids is 2. The van der Waals surface area contributed by atoms with Crippen molar-refractivity contribution in [1.29, 1.82) is 0 Å². The number of fused-ring (bicyclic) bond motifs is 1. The van der Waals surface area contributed by atoms with Crippen molar-refractivity contribution >= 4 is 50.4 Å². The van der Waals surface area contributed by atoms with Gasteiger partial charge in [0.15, 0.2) is 0 Å². The highest BCUT2D eigenvalue weighted by Crippen LogP contribution is 2.32. The first-order chi connectivity index (χ1) is 12.4. The van der Waals surface area contributed by atoms with Crippen LogP contribution < -0.4 is 0 Å². The van der Waals surface area contributed by atoms with Gasteiger partial charge in [-0.05, 0) is 35.0 Å². The van der Waals surface area contributed by atoms with Crippen LogP contribution in [0.3, 0.4) is 0 Å². The topological polar surface area (TPSA) is 88.0 Å². The summed E-state index contributed by atoms with van der Waals surface area (Å²) < 4.78 is 5.77. The first-order valence-electron chi connectivity index (χ1n) is 8.04. The van der Waals surface area contributed by atoms with Crippen LogP contribution in [0, 0.1) is 0 Å². The molecule has 0 radical (unpaired) electrons. The van der Waals surface area contributed by atoms with Crippen molar-refractivity contribution in [3.8, 4) is 0 Å². The van der Waals surface area contributed by atoms with Gasteiger partial charge in [-0.3, -0.25) is 29.4 Å². The van der Waals surface area contributed by atoms with E-state index < -0.39 is 6.10 Å². The Hall–Kier alpha value is -2.39. The number of ether oxygens (including phenoxy) is 1. The van der Waals surface area contributed by atoms with Gasteiger partial charge >= 0.3 is 0 Å². The molecular weight excluding hydrogens is 402 g/mol. The largest absolute Gasteiger partial charge is 0.372 e. The Bertz CT molecular complexity index is 901. The molecule has 0 bridgehead atoms. The van der Waals surface area contributed by atoms with E-state index in [2.05, 4.69) is 30.9 Å². The van der Waals surface area contributed by atoms with Gasteiger partial charge in [0, 0.05) is 39.5 Å². The number of nitrogens with zero attached hydrogens (tertiary/aromatic N) is 5. The highest BCUT2D eigenvalue weighted by atomic mass is 79.9. The van der Waals surface area contributed by atoms with Gasteiger partial charge in [-0.2, -0.15) is 0 Å². The van der Waals surface area contributed by atoms with Gasteiger partial charge in [0.25, 0.3) is 5.91 Å². The van der Waals surface area contributed by atoms with Crippen molar-refractivity contribution in [2.75, 3.05) is 20.2 Å². The maximum absolute atomic E-state index is 12.6. The summed E-state index contributed by atoms with van der Waals surface area (Å²) in [5, 5.41) is 0. The molecule has 1 aromatic carbocycles. The van der Waals surface area contributed by atoms with Crippen molar-refractivity contribution in [1.82, 2.24) is 19.8 Å².